The average molecular weight is 639 g/mol. The first-order valence-electron chi connectivity index (χ1n) is 15.7. The predicted molar refractivity (Wildman–Crippen MR) is 189 cm³/mol. The summed E-state index contributed by atoms with van der Waals surface area (Å²) in [5.41, 5.74) is 4.26. The van der Waals surface area contributed by atoms with Gasteiger partial charge in [-0.05, 0) is 73.5 Å². The molecular formula is C37H34N8O3. The molecule has 0 spiro atoms. The van der Waals surface area contributed by atoms with Gasteiger partial charge in [-0.3, -0.25) is 5.32 Å². The smallest absolute Gasteiger partial charge is 0.324 e. The third-order valence-electron chi connectivity index (χ3n) is 7.89. The second-order valence-corrected chi connectivity index (χ2v) is 11.2. The molecule has 0 atom stereocenters. The number of fused-ring (bicyclic) bond motifs is 2. The van der Waals surface area contributed by atoms with E-state index in [-0.39, 0.29) is 0 Å². The zero-order chi connectivity index (χ0) is 32.9. The Bertz CT molecular complexity index is 2210. The summed E-state index contributed by atoms with van der Waals surface area (Å²) in [5, 5.41) is 16.7. The highest BCUT2D eigenvalue weighted by molar-refractivity contribution is 6.07. The van der Waals surface area contributed by atoms with Gasteiger partial charge in [0.2, 0.25) is 11.8 Å². The van der Waals surface area contributed by atoms with Gasteiger partial charge >= 0.3 is 6.03 Å². The standard InChI is InChI=1S/C37H34N8O3/c1-3-4-7-26-23-34(45(44-26)27-11-13-28(47-2)14-12-27)42-37(46)41-32-16-17-33(30-9-6-5-8-29(30)32)48-35-19-21-39-36(43-35)40-25-10-15-31-24(22-25)18-20-38-31/h5-6,8-23,38H,3-4,7H2,1-2H3,(H,39,40,43)(H2,41,42,46). The zero-order valence-electron chi connectivity index (χ0n) is 26.5. The molecular weight excluding hydrogens is 604 g/mol. The molecule has 0 saturated heterocycles. The number of carbonyl (C=O) groups is 1. The van der Waals surface area contributed by atoms with E-state index in [0.717, 1.165) is 63.8 Å². The molecule has 2 amide bonds. The Morgan fingerprint density at radius 3 is 2.60 bits per heavy atom. The van der Waals surface area contributed by atoms with Gasteiger partial charge in [-0.15, -0.1) is 0 Å². The first-order chi connectivity index (χ1) is 23.6. The Morgan fingerprint density at radius 2 is 1.77 bits per heavy atom. The van der Waals surface area contributed by atoms with E-state index in [4.69, 9.17) is 14.6 Å². The molecule has 0 bridgehead atoms. The van der Waals surface area contributed by atoms with Crippen LogP contribution in [-0.2, 0) is 6.42 Å². The van der Waals surface area contributed by atoms with Crippen LogP contribution in [0.4, 0.5) is 27.9 Å². The first-order valence-corrected chi connectivity index (χ1v) is 15.7. The van der Waals surface area contributed by atoms with Crippen LogP contribution >= 0.6 is 0 Å². The van der Waals surface area contributed by atoms with E-state index in [0.29, 0.717) is 29.1 Å². The predicted octanol–water partition coefficient (Wildman–Crippen LogP) is 8.83. The number of nitrogens with one attached hydrogen (secondary N) is 4. The number of hydrogen-bond donors (Lipinski definition) is 4. The van der Waals surface area contributed by atoms with Gasteiger partial charge in [-0.25, -0.2) is 14.5 Å². The molecule has 3 aromatic heterocycles. The number of ether oxygens (including phenoxy) is 2. The molecule has 0 aliphatic heterocycles. The summed E-state index contributed by atoms with van der Waals surface area (Å²) in [6, 6.07) is 30.1. The normalized spacial score (nSPS) is 11.0. The number of urea groups is 1. The van der Waals surface area contributed by atoms with E-state index < -0.39 is 6.03 Å². The van der Waals surface area contributed by atoms with Gasteiger partial charge in [0, 0.05) is 51.9 Å². The molecule has 0 saturated carbocycles. The van der Waals surface area contributed by atoms with Gasteiger partial charge in [-0.2, -0.15) is 10.1 Å². The van der Waals surface area contributed by atoms with Crippen LogP contribution in [-0.4, -0.2) is 37.9 Å². The Balaban J connectivity index is 1.09. The SMILES string of the molecule is CCCCc1cc(NC(=O)Nc2ccc(Oc3ccnc(Nc4ccc5[nH]ccc5c4)n3)c3ccccc23)n(-c2ccc(OC)cc2)n1. The van der Waals surface area contributed by atoms with Crippen molar-refractivity contribution in [3.8, 4) is 23.1 Å². The van der Waals surface area contributed by atoms with Crippen LogP contribution in [0, 0.1) is 0 Å². The maximum Gasteiger partial charge on any atom is 0.324 e. The molecule has 48 heavy (non-hydrogen) atoms. The average Bonchev–Trinajstić information content (AvgIpc) is 3.75. The third kappa shape index (κ3) is 6.61. The fraction of sp³-hybridized carbons (Fsp3) is 0.135. The largest absolute Gasteiger partial charge is 0.497 e. The van der Waals surface area contributed by atoms with E-state index >= 15 is 0 Å². The molecule has 0 aliphatic carbocycles. The number of nitrogens with zero attached hydrogens (tertiary/aromatic N) is 4. The molecule has 11 nitrogen and oxygen atoms in total. The lowest BCUT2D eigenvalue weighted by molar-refractivity contribution is 0.262. The van der Waals surface area contributed by atoms with Crippen LogP contribution in [0.5, 0.6) is 17.4 Å². The summed E-state index contributed by atoms with van der Waals surface area (Å²) in [4.78, 5) is 25.5. The minimum Gasteiger partial charge on any atom is -0.497 e. The van der Waals surface area contributed by atoms with Crippen molar-refractivity contribution in [3.63, 3.8) is 0 Å². The number of rotatable bonds is 11. The second-order valence-electron chi connectivity index (χ2n) is 11.2. The summed E-state index contributed by atoms with van der Waals surface area (Å²) in [6.45, 7) is 2.14. The van der Waals surface area contributed by atoms with Crippen LogP contribution in [0.1, 0.15) is 25.5 Å². The lowest BCUT2D eigenvalue weighted by atomic mass is 10.1. The van der Waals surface area contributed by atoms with Crippen LogP contribution in [0.25, 0.3) is 27.4 Å². The summed E-state index contributed by atoms with van der Waals surface area (Å²) < 4.78 is 13.3. The number of anilines is 4. The van der Waals surface area contributed by atoms with Crippen molar-refractivity contribution >= 4 is 50.8 Å². The van der Waals surface area contributed by atoms with E-state index in [1.165, 1.54) is 0 Å². The van der Waals surface area contributed by atoms with Crippen LogP contribution in [0.15, 0.2) is 109 Å². The van der Waals surface area contributed by atoms with Gasteiger partial charge in [0.25, 0.3) is 0 Å². The number of hydrogen-bond acceptors (Lipinski definition) is 7. The van der Waals surface area contributed by atoms with Crippen molar-refractivity contribution < 1.29 is 14.3 Å². The van der Waals surface area contributed by atoms with Crippen molar-refractivity contribution in [3.05, 3.63) is 115 Å². The Kier molecular flexibility index (Phi) is 8.56. The molecule has 0 fully saturated rings. The quantitative estimate of drug-likeness (QED) is 0.111. The van der Waals surface area contributed by atoms with Crippen molar-refractivity contribution in [2.45, 2.75) is 26.2 Å². The summed E-state index contributed by atoms with van der Waals surface area (Å²) in [6.07, 6.45) is 6.41. The van der Waals surface area contributed by atoms with Gasteiger partial charge < -0.3 is 25.1 Å². The number of benzene rings is 4. The highest BCUT2D eigenvalue weighted by Gasteiger charge is 2.15. The number of H-pyrrole nitrogens is 1. The van der Waals surface area contributed by atoms with Gasteiger partial charge in [0.05, 0.1) is 24.2 Å². The van der Waals surface area contributed by atoms with E-state index in [1.807, 2.05) is 97.2 Å². The third-order valence-corrected chi connectivity index (χ3v) is 7.89. The Labute approximate surface area is 277 Å². The number of aromatic nitrogens is 5. The highest BCUT2D eigenvalue weighted by atomic mass is 16.5. The minimum atomic E-state index is -0.394. The van der Waals surface area contributed by atoms with Gasteiger partial charge in [0.1, 0.15) is 17.3 Å². The lowest BCUT2D eigenvalue weighted by Gasteiger charge is -2.14. The topological polar surface area (TPSA) is 131 Å². The molecule has 4 N–H and O–H groups in total. The van der Waals surface area contributed by atoms with Crippen LogP contribution in [0.3, 0.4) is 0 Å². The molecule has 0 aliphatic rings. The molecule has 7 rings (SSSR count). The van der Waals surface area contributed by atoms with Gasteiger partial charge in [0.15, 0.2) is 0 Å². The first kappa shape index (κ1) is 30.3. The number of aryl methyl sites for hydroxylation is 1. The molecule has 0 radical (unpaired) electrons. The van der Waals surface area contributed by atoms with Crippen molar-refractivity contribution in [1.29, 1.82) is 0 Å². The molecule has 0 unspecified atom stereocenters. The number of aromatic amines is 1. The number of unbranched alkanes of at least 4 members (excludes halogenated alkanes) is 1. The van der Waals surface area contributed by atoms with Crippen molar-refractivity contribution in [2.75, 3.05) is 23.1 Å². The monoisotopic (exact) mass is 638 g/mol. The van der Waals surface area contributed by atoms with Crippen LogP contribution < -0.4 is 25.4 Å². The zero-order valence-corrected chi connectivity index (χ0v) is 26.5. The van der Waals surface area contributed by atoms with E-state index in [9.17, 15) is 4.79 Å². The molecule has 4 aromatic carbocycles. The van der Waals surface area contributed by atoms with Crippen LogP contribution in [0.2, 0.25) is 0 Å². The summed E-state index contributed by atoms with van der Waals surface area (Å²) in [5.74, 6) is 2.69. The summed E-state index contributed by atoms with van der Waals surface area (Å²) in [7, 11) is 1.63. The minimum absolute atomic E-state index is 0.379. The van der Waals surface area contributed by atoms with E-state index in [1.54, 1.807) is 24.1 Å². The number of amides is 2. The fourth-order valence-electron chi connectivity index (χ4n) is 5.49. The van der Waals surface area contributed by atoms with Crippen molar-refractivity contribution in [1.82, 2.24) is 24.7 Å². The lowest BCUT2D eigenvalue weighted by Crippen LogP contribution is -2.21. The fourth-order valence-corrected chi connectivity index (χ4v) is 5.49. The molecule has 11 heteroatoms. The maximum absolute atomic E-state index is 13.4. The molecule has 3 heterocycles. The Hall–Kier alpha value is -6.36. The Morgan fingerprint density at radius 1 is 0.917 bits per heavy atom. The maximum atomic E-state index is 13.4. The molecule has 7 aromatic rings. The summed E-state index contributed by atoms with van der Waals surface area (Å²) >= 11 is 0. The number of carbonyl (C=O) groups excluding carboxylic acids is 1. The van der Waals surface area contributed by atoms with Gasteiger partial charge in [-0.1, -0.05) is 37.6 Å². The molecule has 240 valence electrons. The highest BCUT2D eigenvalue weighted by Crippen LogP contribution is 2.34. The van der Waals surface area contributed by atoms with E-state index in [2.05, 4.69) is 37.8 Å². The number of methoxy groups -OCH3 is 1. The second kappa shape index (κ2) is 13.6. The van der Waals surface area contributed by atoms with Crippen molar-refractivity contribution in [2.24, 2.45) is 0 Å².